The van der Waals surface area contributed by atoms with Crippen LogP contribution in [-0.2, 0) is 13.1 Å². The fraction of sp³-hybridized carbons (Fsp3) is 0.120. The molecule has 0 spiro atoms. The molecule has 1 amide bonds. The van der Waals surface area contributed by atoms with E-state index in [9.17, 15) is 4.79 Å². The van der Waals surface area contributed by atoms with E-state index in [0.717, 1.165) is 28.0 Å². The molecule has 1 N–H and O–H groups in total. The topological polar surface area (TPSA) is 56.1 Å². The third kappa shape index (κ3) is 4.41. The Morgan fingerprint density at radius 2 is 1.73 bits per heavy atom. The van der Waals surface area contributed by atoms with Crippen molar-refractivity contribution in [3.8, 4) is 16.9 Å². The van der Waals surface area contributed by atoms with E-state index in [1.54, 1.807) is 13.3 Å². The molecule has 0 aliphatic carbocycles. The Labute approximate surface area is 175 Å². The third-order valence-corrected chi connectivity index (χ3v) is 4.97. The molecule has 150 valence electrons. The molecular formula is C25H23N3O2. The van der Waals surface area contributed by atoms with Gasteiger partial charge in [0.15, 0.2) is 0 Å². The van der Waals surface area contributed by atoms with E-state index in [0.29, 0.717) is 18.7 Å². The Bertz CT molecular complexity index is 1120. The molecule has 0 aliphatic heterocycles. The molecule has 0 radical (unpaired) electrons. The molecule has 0 atom stereocenters. The van der Waals surface area contributed by atoms with Crippen molar-refractivity contribution in [1.29, 1.82) is 0 Å². The molecule has 0 unspecified atom stereocenters. The Balaban J connectivity index is 1.51. The first-order valence-corrected chi connectivity index (χ1v) is 9.80. The lowest BCUT2D eigenvalue weighted by Gasteiger charge is -2.13. The van der Waals surface area contributed by atoms with Gasteiger partial charge in [-0.15, -0.1) is 0 Å². The summed E-state index contributed by atoms with van der Waals surface area (Å²) >= 11 is 0. The number of carbonyl (C=O) groups excluding carboxylic acids is 1. The highest BCUT2D eigenvalue weighted by atomic mass is 16.5. The van der Waals surface area contributed by atoms with Gasteiger partial charge in [0.05, 0.1) is 13.7 Å². The summed E-state index contributed by atoms with van der Waals surface area (Å²) in [7, 11) is 1.63. The van der Waals surface area contributed by atoms with Crippen molar-refractivity contribution in [2.75, 3.05) is 7.11 Å². The minimum Gasteiger partial charge on any atom is -0.496 e. The van der Waals surface area contributed by atoms with Crippen LogP contribution < -0.4 is 10.1 Å². The van der Waals surface area contributed by atoms with Crippen LogP contribution >= 0.6 is 0 Å². The molecule has 5 heteroatoms. The number of nitrogens with zero attached hydrogens (tertiary/aromatic N) is 2. The van der Waals surface area contributed by atoms with Crippen LogP contribution in [0.25, 0.3) is 11.1 Å². The van der Waals surface area contributed by atoms with E-state index in [1.807, 2.05) is 77.6 Å². The molecule has 1 heterocycles. The quantitative estimate of drug-likeness (QED) is 0.498. The zero-order valence-corrected chi connectivity index (χ0v) is 16.8. The predicted molar refractivity (Wildman–Crippen MR) is 117 cm³/mol. The van der Waals surface area contributed by atoms with Crippen molar-refractivity contribution in [3.63, 3.8) is 0 Å². The van der Waals surface area contributed by atoms with Crippen LogP contribution in [0.15, 0.2) is 91.3 Å². The lowest BCUT2D eigenvalue weighted by molar-refractivity contribution is 0.0951. The molecule has 30 heavy (non-hydrogen) atoms. The summed E-state index contributed by atoms with van der Waals surface area (Å²) in [5, 5.41) is 7.25. The second-order valence-corrected chi connectivity index (χ2v) is 6.94. The lowest BCUT2D eigenvalue weighted by atomic mass is 9.98. The van der Waals surface area contributed by atoms with Crippen LogP contribution in [0.3, 0.4) is 0 Å². The minimum absolute atomic E-state index is 0.114. The standard InChI is InChI=1S/C25H23N3O2/c1-30-24-10-5-2-7-21(24)17-26-25(29)23-9-4-3-8-22(23)20-13-11-19(12-14-20)18-28-16-6-15-27-28/h2-16H,17-18H2,1H3,(H,26,29). The van der Waals surface area contributed by atoms with Crippen LogP contribution in [0.4, 0.5) is 0 Å². The number of nitrogens with one attached hydrogen (secondary N) is 1. The molecular weight excluding hydrogens is 374 g/mol. The summed E-state index contributed by atoms with van der Waals surface area (Å²) in [6, 6.07) is 25.5. The van der Waals surface area contributed by atoms with Crippen molar-refractivity contribution in [1.82, 2.24) is 15.1 Å². The Morgan fingerprint density at radius 1 is 0.967 bits per heavy atom. The first-order chi connectivity index (χ1) is 14.7. The van der Waals surface area contributed by atoms with Crippen LogP contribution in [-0.4, -0.2) is 22.8 Å². The molecule has 1 aromatic heterocycles. The molecule has 0 fully saturated rings. The van der Waals surface area contributed by atoms with Gasteiger partial charge in [-0.1, -0.05) is 60.7 Å². The van der Waals surface area contributed by atoms with E-state index >= 15 is 0 Å². The van der Waals surface area contributed by atoms with Crippen LogP contribution in [0.2, 0.25) is 0 Å². The largest absolute Gasteiger partial charge is 0.496 e. The summed E-state index contributed by atoms with van der Waals surface area (Å²) < 4.78 is 7.25. The number of aromatic nitrogens is 2. The number of rotatable bonds is 7. The molecule has 0 aliphatic rings. The van der Waals surface area contributed by atoms with Crippen molar-refractivity contribution in [2.45, 2.75) is 13.1 Å². The number of hydrogen-bond acceptors (Lipinski definition) is 3. The summed E-state index contributed by atoms with van der Waals surface area (Å²) in [4.78, 5) is 12.9. The first kappa shape index (κ1) is 19.5. The number of methoxy groups -OCH3 is 1. The monoisotopic (exact) mass is 397 g/mol. The van der Waals surface area contributed by atoms with Gasteiger partial charge in [-0.2, -0.15) is 5.10 Å². The lowest BCUT2D eigenvalue weighted by Crippen LogP contribution is -2.23. The molecule has 0 saturated carbocycles. The normalized spacial score (nSPS) is 10.6. The van der Waals surface area contributed by atoms with Gasteiger partial charge in [0, 0.05) is 30.1 Å². The van der Waals surface area contributed by atoms with Gasteiger partial charge in [0.25, 0.3) is 5.91 Å². The molecule has 3 aromatic carbocycles. The van der Waals surface area contributed by atoms with E-state index in [2.05, 4.69) is 22.5 Å². The predicted octanol–water partition coefficient (Wildman–Crippen LogP) is 4.54. The molecule has 0 bridgehead atoms. The van der Waals surface area contributed by atoms with Gasteiger partial charge in [-0.3, -0.25) is 9.48 Å². The highest BCUT2D eigenvalue weighted by Gasteiger charge is 2.13. The fourth-order valence-electron chi connectivity index (χ4n) is 3.42. The molecule has 0 saturated heterocycles. The smallest absolute Gasteiger partial charge is 0.252 e. The Morgan fingerprint density at radius 3 is 2.50 bits per heavy atom. The number of hydrogen-bond donors (Lipinski definition) is 1. The summed E-state index contributed by atoms with van der Waals surface area (Å²) in [6.07, 6.45) is 3.71. The molecule has 4 rings (SSSR count). The third-order valence-electron chi connectivity index (χ3n) is 4.97. The second-order valence-electron chi connectivity index (χ2n) is 6.94. The Hall–Kier alpha value is -3.86. The second kappa shape index (κ2) is 9.09. The van der Waals surface area contributed by atoms with Gasteiger partial charge in [-0.05, 0) is 34.9 Å². The summed E-state index contributed by atoms with van der Waals surface area (Å²) in [5.74, 6) is 0.649. The van der Waals surface area contributed by atoms with E-state index in [4.69, 9.17) is 4.74 Å². The van der Waals surface area contributed by atoms with E-state index in [1.165, 1.54) is 0 Å². The first-order valence-electron chi connectivity index (χ1n) is 9.80. The maximum absolute atomic E-state index is 12.9. The van der Waals surface area contributed by atoms with Gasteiger partial charge >= 0.3 is 0 Å². The van der Waals surface area contributed by atoms with Gasteiger partial charge in [0.2, 0.25) is 0 Å². The van der Waals surface area contributed by atoms with E-state index < -0.39 is 0 Å². The zero-order valence-electron chi connectivity index (χ0n) is 16.8. The minimum atomic E-state index is -0.114. The summed E-state index contributed by atoms with van der Waals surface area (Å²) in [5.41, 5.74) is 4.64. The average molecular weight is 397 g/mol. The number of para-hydroxylation sites is 1. The van der Waals surface area contributed by atoms with Gasteiger partial charge < -0.3 is 10.1 Å². The van der Waals surface area contributed by atoms with E-state index in [-0.39, 0.29) is 5.91 Å². The highest BCUT2D eigenvalue weighted by molar-refractivity contribution is 6.00. The maximum atomic E-state index is 12.9. The maximum Gasteiger partial charge on any atom is 0.252 e. The van der Waals surface area contributed by atoms with Crippen molar-refractivity contribution in [2.24, 2.45) is 0 Å². The Kier molecular flexibility index (Phi) is 5.90. The molecule has 4 aromatic rings. The number of benzene rings is 3. The highest BCUT2D eigenvalue weighted by Crippen LogP contribution is 2.25. The SMILES string of the molecule is COc1ccccc1CNC(=O)c1ccccc1-c1ccc(Cn2cccn2)cc1. The fourth-order valence-corrected chi connectivity index (χ4v) is 3.42. The van der Waals surface area contributed by atoms with Crippen molar-refractivity contribution >= 4 is 5.91 Å². The van der Waals surface area contributed by atoms with Gasteiger partial charge in [-0.25, -0.2) is 0 Å². The zero-order chi connectivity index (χ0) is 20.8. The van der Waals surface area contributed by atoms with Crippen LogP contribution in [0, 0.1) is 0 Å². The van der Waals surface area contributed by atoms with Gasteiger partial charge in [0.1, 0.15) is 5.75 Å². The number of amides is 1. The molecule has 5 nitrogen and oxygen atoms in total. The average Bonchev–Trinajstić information content (AvgIpc) is 3.31. The summed E-state index contributed by atoms with van der Waals surface area (Å²) in [6.45, 7) is 1.12. The van der Waals surface area contributed by atoms with Crippen molar-refractivity contribution < 1.29 is 9.53 Å². The number of carbonyl (C=O) groups is 1. The van der Waals surface area contributed by atoms with Crippen LogP contribution in [0.1, 0.15) is 21.5 Å². The van der Waals surface area contributed by atoms with Crippen molar-refractivity contribution in [3.05, 3.63) is 108 Å². The van der Waals surface area contributed by atoms with Crippen LogP contribution in [0.5, 0.6) is 5.75 Å². The number of ether oxygens (including phenoxy) is 1.